The summed E-state index contributed by atoms with van der Waals surface area (Å²) in [6.45, 7) is 2.15. The second kappa shape index (κ2) is 8.56. The fraction of sp³-hybridized carbons (Fsp3) is 0.316. The maximum absolute atomic E-state index is 14.1. The number of pyridine rings is 1. The number of nitrogen functional groups attached to an aromatic ring is 1. The van der Waals surface area contributed by atoms with Crippen molar-refractivity contribution in [2.75, 3.05) is 18.9 Å². The summed E-state index contributed by atoms with van der Waals surface area (Å²) in [5.41, 5.74) is 9.31. The molecule has 0 radical (unpaired) electrons. The van der Waals surface area contributed by atoms with Gasteiger partial charge in [-0.15, -0.1) is 12.4 Å². The molecule has 3 heterocycles. The largest absolute Gasteiger partial charge is 0.382 e. The van der Waals surface area contributed by atoms with Gasteiger partial charge in [-0.05, 0) is 48.7 Å². The van der Waals surface area contributed by atoms with Crippen LogP contribution in [0.15, 0.2) is 36.7 Å². The van der Waals surface area contributed by atoms with Gasteiger partial charge in [-0.1, -0.05) is 0 Å². The Bertz CT molecular complexity index is 933. The van der Waals surface area contributed by atoms with Crippen LogP contribution in [-0.4, -0.2) is 34.2 Å². The van der Waals surface area contributed by atoms with E-state index >= 15 is 0 Å². The first-order valence-corrected chi connectivity index (χ1v) is 8.67. The van der Waals surface area contributed by atoms with Crippen LogP contribution in [0.1, 0.15) is 18.4 Å². The monoisotopic (exact) mass is 389 g/mol. The summed E-state index contributed by atoms with van der Waals surface area (Å²) in [7, 11) is 0. The molecule has 6 nitrogen and oxygen atoms in total. The molecule has 1 aromatic carbocycles. The maximum Gasteiger partial charge on any atom is 0.153 e. The molecule has 0 bridgehead atoms. The van der Waals surface area contributed by atoms with Crippen LogP contribution in [0.3, 0.4) is 0 Å². The van der Waals surface area contributed by atoms with Crippen molar-refractivity contribution in [3.05, 3.63) is 48.0 Å². The van der Waals surface area contributed by atoms with E-state index in [9.17, 15) is 4.39 Å². The average Bonchev–Trinajstić information content (AvgIpc) is 2.67. The van der Waals surface area contributed by atoms with Crippen molar-refractivity contribution in [2.24, 2.45) is 0 Å². The van der Waals surface area contributed by atoms with Gasteiger partial charge in [0.25, 0.3) is 0 Å². The minimum absolute atomic E-state index is 0. The van der Waals surface area contributed by atoms with E-state index in [4.69, 9.17) is 10.5 Å². The molecule has 0 amide bonds. The van der Waals surface area contributed by atoms with Crippen molar-refractivity contribution in [3.63, 3.8) is 0 Å². The molecule has 1 aliphatic heterocycles. The standard InChI is InChI=1S/C19H20FN5O.ClH/c20-14-8-12(10-22-15-3-5-26-6-4-15)7-13(9-14)16-1-2-17-18(25-16)19(21)24-11-23-17;/h1-2,7-9,11,15,22H,3-6,10H2,(H2,21,23,24);1H. The number of nitrogens with two attached hydrogens (primary N) is 1. The Kier molecular flexibility index (Phi) is 6.15. The first-order chi connectivity index (χ1) is 12.7. The van der Waals surface area contributed by atoms with Gasteiger partial charge in [0.1, 0.15) is 17.7 Å². The van der Waals surface area contributed by atoms with E-state index in [1.54, 1.807) is 6.07 Å². The van der Waals surface area contributed by atoms with E-state index in [1.807, 2.05) is 18.2 Å². The van der Waals surface area contributed by atoms with Crippen LogP contribution < -0.4 is 11.1 Å². The van der Waals surface area contributed by atoms with Gasteiger partial charge in [0, 0.05) is 31.4 Å². The summed E-state index contributed by atoms with van der Waals surface area (Å²) in [5, 5.41) is 3.48. The molecule has 1 saturated heterocycles. The molecule has 3 N–H and O–H groups in total. The Morgan fingerprint density at radius 3 is 2.78 bits per heavy atom. The molecule has 0 atom stereocenters. The first kappa shape index (κ1) is 19.4. The van der Waals surface area contributed by atoms with Crippen molar-refractivity contribution < 1.29 is 9.13 Å². The zero-order valence-electron chi connectivity index (χ0n) is 14.7. The smallest absolute Gasteiger partial charge is 0.153 e. The third-order valence-corrected chi connectivity index (χ3v) is 4.58. The number of nitrogens with zero attached hydrogens (tertiary/aromatic N) is 3. The number of hydrogen-bond acceptors (Lipinski definition) is 6. The lowest BCUT2D eigenvalue weighted by Gasteiger charge is -2.23. The van der Waals surface area contributed by atoms with Crippen molar-refractivity contribution >= 4 is 29.3 Å². The molecule has 8 heteroatoms. The SMILES string of the molecule is Cl.Nc1ncnc2ccc(-c3cc(F)cc(CNC4CCOCC4)c3)nc12. The number of anilines is 1. The average molecular weight is 390 g/mol. The number of hydrogen-bond donors (Lipinski definition) is 2. The van der Waals surface area contributed by atoms with E-state index in [1.165, 1.54) is 12.4 Å². The number of aromatic nitrogens is 3. The van der Waals surface area contributed by atoms with E-state index in [-0.39, 0.29) is 18.2 Å². The highest BCUT2D eigenvalue weighted by atomic mass is 35.5. The molecule has 0 aliphatic carbocycles. The lowest BCUT2D eigenvalue weighted by Crippen LogP contribution is -2.34. The maximum atomic E-state index is 14.1. The molecule has 27 heavy (non-hydrogen) atoms. The summed E-state index contributed by atoms with van der Waals surface area (Å²) in [4.78, 5) is 12.6. The van der Waals surface area contributed by atoms with E-state index < -0.39 is 0 Å². The van der Waals surface area contributed by atoms with Crippen molar-refractivity contribution in [1.82, 2.24) is 20.3 Å². The van der Waals surface area contributed by atoms with Gasteiger partial charge in [-0.25, -0.2) is 19.3 Å². The topological polar surface area (TPSA) is 86.0 Å². The summed E-state index contributed by atoms with van der Waals surface area (Å²) in [6.07, 6.45) is 3.36. The molecule has 0 saturated carbocycles. The molecular formula is C19H21ClFN5O. The molecule has 0 unspecified atom stereocenters. The van der Waals surface area contributed by atoms with Crippen LogP contribution in [0, 0.1) is 5.82 Å². The van der Waals surface area contributed by atoms with Crippen molar-refractivity contribution in [3.8, 4) is 11.3 Å². The number of rotatable bonds is 4. The Labute approximate surface area is 162 Å². The molecule has 4 rings (SSSR count). The van der Waals surface area contributed by atoms with Crippen LogP contribution in [0.2, 0.25) is 0 Å². The van der Waals surface area contributed by atoms with Crippen molar-refractivity contribution in [2.45, 2.75) is 25.4 Å². The van der Waals surface area contributed by atoms with Gasteiger partial charge in [-0.2, -0.15) is 0 Å². The summed E-state index contributed by atoms with van der Waals surface area (Å²) < 4.78 is 19.5. The fourth-order valence-electron chi connectivity index (χ4n) is 3.18. The number of halogens is 2. The zero-order chi connectivity index (χ0) is 17.9. The zero-order valence-corrected chi connectivity index (χ0v) is 15.5. The summed E-state index contributed by atoms with van der Waals surface area (Å²) >= 11 is 0. The lowest BCUT2D eigenvalue weighted by molar-refractivity contribution is 0.0776. The highest BCUT2D eigenvalue weighted by molar-refractivity contribution is 5.86. The third-order valence-electron chi connectivity index (χ3n) is 4.58. The second-order valence-corrected chi connectivity index (χ2v) is 6.44. The number of benzene rings is 1. The van der Waals surface area contributed by atoms with Crippen LogP contribution in [0.4, 0.5) is 10.2 Å². The lowest BCUT2D eigenvalue weighted by atomic mass is 10.1. The van der Waals surface area contributed by atoms with Crippen LogP contribution in [-0.2, 0) is 11.3 Å². The van der Waals surface area contributed by atoms with Crippen LogP contribution in [0.5, 0.6) is 0 Å². The molecule has 0 spiro atoms. The van der Waals surface area contributed by atoms with Crippen LogP contribution >= 0.6 is 12.4 Å². The molecule has 3 aromatic rings. The molecular weight excluding hydrogens is 369 g/mol. The van der Waals surface area contributed by atoms with Gasteiger partial charge in [-0.3, -0.25) is 0 Å². The first-order valence-electron chi connectivity index (χ1n) is 8.67. The fourth-order valence-corrected chi connectivity index (χ4v) is 3.18. The Balaban J connectivity index is 0.00000210. The minimum Gasteiger partial charge on any atom is -0.382 e. The number of fused-ring (bicyclic) bond motifs is 1. The van der Waals surface area contributed by atoms with Gasteiger partial charge in [0.05, 0.1) is 11.2 Å². The number of ether oxygens (including phenoxy) is 1. The molecule has 1 fully saturated rings. The quantitative estimate of drug-likeness (QED) is 0.713. The molecule has 2 aromatic heterocycles. The normalized spacial score (nSPS) is 14.9. The highest BCUT2D eigenvalue weighted by Crippen LogP contribution is 2.24. The van der Waals surface area contributed by atoms with E-state index in [0.717, 1.165) is 31.6 Å². The molecule has 142 valence electrons. The highest BCUT2D eigenvalue weighted by Gasteiger charge is 2.14. The Morgan fingerprint density at radius 1 is 1.15 bits per heavy atom. The Morgan fingerprint density at radius 2 is 1.96 bits per heavy atom. The van der Waals surface area contributed by atoms with Gasteiger partial charge < -0.3 is 15.8 Å². The van der Waals surface area contributed by atoms with Gasteiger partial charge in [0.15, 0.2) is 5.82 Å². The van der Waals surface area contributed by atoms with Gasteiger partial charge >= 0.3 is 0 Å². The van der Waals surface area contributed by atoms with Crippen molar-refractivity contribution in [1.29, 1.82) is 0 Å². The predicted molar refractivity (Wildman–Crippen MR) is 105 cm³/mol. The van der Waals surface area contributed by atoms with Gasteiger partial charge in [0.2, 0.25) is 0 Å². The minimum atomic E-state index is -0.287. The molecule has 1 aliphatic rings. The third kappa shape index (κ3) is 4.50. The summed E-state index contributed by atoms with van der Waals surface area (Å²) in [5.74, 6) is 0.0279. The van der Waals surface area contributed by atoms with E-state index in [0.29, 0.717) is 40.7 Å². The van der Waals surface area contributed by atoms with E-state index in [2.05, 4.69) is 20.3 Å². The summed E-state index contributed by atoms with van der Waals surface area (Å²) in [6, 6.07) is 9.02. The number of nitrogens with one attached hydrogen (secondary N) is 1. The van der Waals surface area contributed by atoms with Crippen LogP contribution in [0.25, 0.3) is 22.3 Å². The Hall–Kier alpha value is -2.35. The predicted octanol–water partition coefficient (Wildman–Crippen LogP) is 3.10. The second-order valence-electron chi connectivity index (χ2n) is 6.44.